The lowest BCUT2D eigenvalue weighted by atomic mass is 10.2. The van der Waals surface area contributed by atoms with Crippen LogP contribution in [0.5, 0.6) is 0 Å². The third-order valence-corrected chi connectivity index (χ3v) is 5.39. The van der Waals surface area contributed by atoms with E-state index in [1.165, 1.54) is 23.5 Å². The van der Waals surface area contributed by atoms with Crippen molar-refractivity contribution in [1.82, 2.24) is 9.88 Å². The van der Waals surface area contributed by atoms with Gasteiger partial charge in [-0.25, -0.2) is 18.5 Å². The fourth-order valence-corrected chi connectivity index (χ4v) is 3.71. The predicted molar refractivity (Wildman–Crippen MR) is 95.4 cm³/mol. The van der Waals surface area contributed by atoms with Gasteiger partial charge in [0.15, 0.2) is 5.01 Å². The van der Waals surface area contributed by atoms with Crippen LogP contribution in [0.25, 0.3) is 10.4 Å². The average molecular weight is 367 g/mol. The first kappa shape index (κ1) is 18.6. The number of hydrogen-bond donors (Lipinski definition) is 1. The highest BCUT2D eigenvalue weighted by atomic mass is 32.2. The molecule has 1 heterocycles. The lowest BCUT2D eigenvalue weighted by Crippen LogP contribution is -2.32. The fourth-order valence-electron chi connectivity index (χ4n) is 2.31. The van der Waals surface area contributed by atoms with Gasteiger partial charge >= 0.3 is 0 Å². The van der Waals surface area contributed by atoms with Crippen LogP contribution in [0.3, 0.4) is 0 Å². The Bertz CT molecular complexity index is 792. The minimum Gasteiger partial charge on any atom is -0.337 e. The van der Waals surface area contributed by atoms with Crippen LogP contribution in [-0.2, 0) is 10.0 Å². The summed E-state index contributed by atoms with van der Waals surface area (Å²) in [5.41, 5.74) is 0.802. The van der Waals surface area contributed by atoms with Gasteiger partial charge in [-0.1, -0.05) is 26.0 Å². The molecule has 0 unspecified atom stereocenters. The van der Waals surface area contributed by atoms with Crippen LogP contribution >= 0.6 is 11.3 Å². The molecule has 6 nitrogen and oxygen atoms in total. The standard InChI is InChI=1S/C16H21N3O3S2/c1-3-9-19(10-4-2)16(20)15-18-11-14(23-15)12-5-7-13(8-6-12)24(17,21)22/h5-8,11H,3-4,9-10H2,1-2H3,(H2,17,21,22). The summed E-state index contributed by atoms with van der Waals surface area (Å²) in [7, 11) is -3.71. The monoisotopic (exact) mass is 367 g/mol. The van der Waals surface area contributed by atoms with Crippen molar-refractivity contribution in [3.63, 3.8) is 0 Å². The molecule has 2 rings (SSSR count). The number of amides is 1. The van der Waals surface area contributed by atoms with E-state index in [1.54, 1.807) is 18.3 Å². The summed E-state index contributed by atoms with van der Waals surface area (Å²) >= 11 is 1.30. The highest BCUT2D eigenvalue weighted by Crippen LogP contribution is 2.27. The molecule has 0 atom stereocenters. The van der Waals surface area contributed by atoms with Gasteiger partial charge in [-0.15, -0.1) is 11.3 Å². The van der Waals surface area contributed by atoms with Crippen molar-refractivity contribution in [3.05, 3.63) is 35.5 Å². The number of carbonyl (C=O) groups excluding carboxylic acids is 1. The smallest absolute Gasteiger partial charge is 0.282 e. The Morgan fingerprint density at radius 2 is 1.75 bits per heavy atom. The summed E-state index contributed by atoms with van der Waals surface area (Å²) in [5, 5.41) is 5.54. The first-order valence-corrected chi connectivity index (χ1v) is 10.1. The molecule has 0 saturated heterocycles. The molecule has 0 saturated carbocycles. The van der Waals surface area contributed by atoms with Gasteiger partial charge in [0.25, 0.3) is 5.91 Å². The molecule has 0 spiro atoms. The lowest BCUT2D eigenvalue weighted by Gasteiger charge is -2.19. The van der Waals surface area contributed by atoms with E-state index in [2.05, 4.69) is 4.98 Å². The number of benzene rings is 1. The zero-order valence-corrected chi connectivity index (χ0v) is 15.4. The molecule has 0 aliphatic heterocycles. The van der Waals surface area contributed by atoms with Crippen molar-refractivity contribution < 1.29 is 13.2 Å². The molecule has 8 heteroatoms. The molecule has 0 bridgehead atoms. The zero-order chi connectivity index (χ0) is 17.7. The average Bonchev–Trinajstić information content (AvgIpc) is 3.03. The lowest BCUT2D eigenvalue weighted by molar-refractivity contribution is 0.0755. The molecule has 0 aliphatic carbocycles. The topological polar surface area (TPSA) is 93.4 Å². The second-order valence-corrected chi connectivity index (χ2v) is 7.98. The van der Waals surface area contributed by atoms with E-state index in [1.807, 2.05) is 18.7 Å². The number of aromatic nitrogens is 1. The Kier molecular flexibility index (Phi) is 6.09. The molecule has 0 radical (unpaired) electrons. The van der Waals surface area contributed by atoms with Crippen LogP contribution in [0.1, 0.15) is 36.5 Å². The Balaban J connectivity index is 2.22. The number of nitrogens with two attached hydrogens (primary N) is 1. The Hall–Kier alpha value is -1.77. The van der Waals surface area contributed by atoms with Crippen molar-refractivity contribution >= 4 is 27.3 Å². The van der Waals surface area contributed by atoms with Crippen LogP contribution in [0.4, 0.5) is 0 Å². The van der Waals surface area contributed by atoms with Gasteiger partial charge in [0.05, 0.1) is 9.77 Å². The summed E-state index contributed by atoms with van der Waals surface area (Å²) in [5.74, 6) is -0.0592. The Morgan fingerprint density at radius 3 is 2.25 bits per heavy atom. The maximum absolute atomic E-state index is 12.5. The second-order valence-electron chi connectivity index (χ2n) is 5.39. The van der Waals surface area contributed by atoms with Gasteiger partial charge < -0.3 is 4.90 Å². The number of nitrogens with zero attached hydrogens (tertiary/aromatic N) is 2. The number of rotatable bonds is 7. The molecule has 130 valence electrons. The maximum atomic E-state index is 12.5. The molecule has 0 fully saturated rings. The van der Waals surface area contributed by atoms with Crippen molar-refractivity contribution in [1.29, 1.82) is 0 Å². The Labute approximate surface area is 146 Å². The van der Waals surface area contributed by atoms with Gasteiger partial charge in [0.2, 0.25) is 10.0 Å². The van der Waals surface area contributed by atoms with Crippen molar-refractivity contribution in [3.8, 4) is 10.4 Å². The minimum absolute atomic E-state index is 0.0592. The summed E-state index contributed by atoms with van der Waals surface area (Å²) in [6, 6.07) is 6.23. The van der Waals surface area contributed by atoms with Gasteiger partial charge in [-0.2, -0.15) is 0 Å². The minimum atomic E-state index is -3.71. The summed E-state index contributed by atoms with van der Waals surface area (Å²) in [6.45, 7) is 5.50. The molecule has 1 amide bonds. The van der Waals surface area contributed by atoms with E-state index in [9.17, 15) is 13.2 Å². The van der Waals surface area contributed by atoms with E-state index in [-0.39, 0.29) is 10.8 Å². The maximum Gasteiger partial charge on any atom is 0.282 e. The van der Waals surface area contributed by atoms with Crippen LogP contribution in [0, 0.1) is 0 Å². The molecule has 1 aromatic carbocycles. The molecule has 1 aromatic heterocycles. The number of primary sulfonamides is 1. The predicted octanol–water partition coefficient (Wildman–Crippen LogP) is 2.72. The number of thiazole rings is 1. The van der Waals surface area contributed by atoms with Crippen LogP contribution in [0.2, 0.25) is 0 Å². The van der Waals surface area contributed by atoms with Gasteiger partial charge in [0.1, 0.15) is 0 Å². The third-order valence-electron chi connectivity index (χ3n) is 3.43. The first-order valence-electron chi connectivity index (χ1n) is 7.75. The van der Waals surface area contributed by atoms with E-state index >= 15 is 0 Å². The highest BCUT2D eigenvalue weighted by Gasteiger charge is 2.18. The van der Waals surface area contributed by atoms with Crippen LogP contribution < -0.4 is 5.14 Å². The third kappa shape index (κ3) is 4.40. The van der Waals surface area contributed by atoms with Crippen molar-refractivity contribution in [2.24, 2.45) is 5.14 Å². The summed E-state index contributed by atoms with van der Waals surface area (Å²) in [4.78, 5) is 19.5. The van der Waals surface area contributed by atoms with Crippen molar-refractivity contribution in [2.75, 3.05) is 13.1 Å². The molecule has 0 aliphatic rings. The number of carbonyl (C=O) groups is 1. The van der Waals surface area contributed by atoms with E-state index in [0.29, 0.717) is 18.1 Å². The van der Waals surface area contributed by atoms with E-state index < -0.39 is 10.0 Å². The molecular weight excluding hydrogens is 346 g/mol. The molecule has 24 heavy (non-hydrogen) atoms. The van der Waals surface area contributed by atoms with E-state index in [4.69, 9.17) is 5.14 Å². The van der Waals surface area contributed by atoms with E-state index in [0.717, 1.165) is 23.3 Å². The number of hydrogen-bond acceptors (Lipinski definition) is 5. The fraction of sp³-hybridized carbons (Fsp3) is 0.375. The second kappa shape index (κ2) is 7.87. The van der Waals surface area contributed by atoms with Gasteiger partial charge in [-0.05, 0) is 30.5 Å². The summed E-state index contributed by atoms with van der Waals surface area (Å²) < 4.78 is 22.6. The molecule has 2 aromatic rings. The number of sulfonamides is 1. The molecular formula is C16H21N3O3S2. The normalized spacial score (nSPS) is 11.5. The van der Waals surface area contributed by atoms with Gasteiger partial charge in [0, 0.05) is 19.3 Å². The van der Waals surface area contributed by atoms with Crippen molar-refractivity contribution in [2.45, 2.75) is 31.6 Å². The summed E-state index contributed by atoms with van der Waals surface area (Å²) in [6.07, 6.45) is 3.44. The SMILES string of the molecule is CCCN(CCC)C(=O)c1ncc(-c2ccc(S(N)(=O)=O)cc2)s1. The zero-order valence-electron chi connectivity index (χ0n) is 13.7. The highest BCUT2D eigenvalue weighted by molar-refractivity contribution is 7.89. The Morgan fingerprint density at radius 1 is 1.17 bits per heavy atom. The largest absolute Gasteiger partial charge is 0.337 e. The van der Waals surface area contributed by atoms with Crippen LogP contribution in [-0.4, -0.2) is 37.3 Å². The quantitative estimate of drug-likeness (QED) is 0.814. The first-order chi connectivity index (χ1) is 11.4. The van der Waals surface area contributed by atoms with Crippen LogP contribution in [0.15, 0.2) is 35.4 Å². The molecule has 2 N–H and O–H groups in total. The van der Waals surface area contributed by atoms with Gasteiger partial charge in [-0.3, -0.25) is 4.79 Å².